The minimum Gasteiger partial charge on any atom is -0.493 e. The highest BCUT2D eigenvalue weighted by Gasteiger charge is 2.44. The van der Waals surface area contributed by atoms with Crippen LogP contribution in [0.1, 0.15) is 56.1 Å². The fraction of sp³-hybridized carbons (Fsp3) is 0.435. The zero-order valence-corrected chi connectivity index (χ0v) is 18.8. The summed E-state index contributed by atoms with van der Waals surface area (Å²) in [4.78, 5) is 5.17. The molecule has 2 aromatic rings. The second kappa shape index (κ2) is 6.60. The molecule has 0 saturated carbocycles. The van der Waals surface area contributed by atoms with Crippen molar-refractivity contribution in [2.45, 2.75) is 51.4 Å². The molecule has 2 aromatic carbocycles. The molecule has 2 aliphatic heterocycles. The summed E-state index contributed by atoms with van der Waals surface area (Å²) in [7, 11) is 3.44. The van der Waals surface area contributed by atoms with E-state index in [1.807, 2.05) is 12.1 Å². The van der Waals surface area contributed by atoms with Crippen molar-refractivity contribution < 1.29 is 14.2 Å². The highest BCUT2D eigenvalue weighted by Crippen LogP contribution is 2.51. The second-order valence-corrected chi connectivity index (χ2v) is 9.55. The number of hydrogen-bond acceptors (Lipinski definition) is 4. The molecule has 28 heavy (non-hydrogen) atoms. The average Bonchev–Trinajstić information content (AvgIpc) is 2.94. The van der Waals surface area contributed by atoms with E-state index in [9.17, 15) is 0 Å². The molecule has 1 atom stereocenters. The van der Waals surface area contributed by atoms with E-state index in [2.05, 4.69) is 61.8 Å². The van der Waals surface area contributed by atoms with E-state index in [4.69, 9.17) is 19.2 Å². The van der Waals surface area contributed by atoms with Crippen LogP contribution in [0, 0.1) is 0 Å². The minimum absolute atomic E-state index is 0.165. The molecule has 1 unspecified atom stereocenters. The van der Waals surface area contributed by atoms with Gasteiger partial charge in [-0.3, -0.25) is 4.99 Å². The van der Waals surface area contributed by atoms with Gasteiger partial charge in [0.1, 0.15) is 11.7 Å². The number of halogens is 1. The Morgan fingerprint density at radius 1 is 1.14 bits per heavy atom. The number of methoxy groups -OCH3 is 2. The molecule has 2 aliphatic rings. The lowest BCUT2D eigenvalue weighted by molar-refractivity contribution is 0.0475. The molecule has 0 radical (unpaired) electrons. The largest absolute Gasteiger partial charge is 0.493 e. The standard InChI is InChI=1S/C23H26BrNO3/c1-22(2)12-16-18-15(11-17(26-5)20(16)28-22)21(27-6)23(3,4)25-19(18)13-8-7-9-14(24)10-13/h7-11,21H,12H2,1-6H3. The Labute approximate surface area is 175 Å². The lowest BCUT2D eigenvalue weighted by Gasteiger charge is -2.37. The fourth-order valence-corrected chi connectivity index (χ4v) is 4.81. The van der Waals surface area contributed by atoms with Crippen molar-refractivity contribution in [1.82, 2.24) is 0 Å². The van der Waals surface area contributed by atoms with E-state index in [0.29, 0.717) is 0 Å². The lowest BCUT2D eigenvalue weighted by Crippen LogP contribution is -2.36. The summed E-state index contributed by atoms with van der Waals surface area (Å²) in [5.74, 6) is 1.58. The summed E-state index contributed by atoms with van der Waals surface area (Å²) in [6.45, 7) is 8.44. The van der Waals surface area contributed by atoms with Gasteiger partial charge in [-0.25, -0.2) is 0 Å². The molecule has 0 amide bonds. The maximum absolute atomic E-state index is 6.28. The van der Waals surface area contributed by atoms with Crippen LogP contribution in [0.25, 0.3) is 0 Å². The van der Waals surface area contributed by atoms with Crippen molar-refractivity contribution in [3.05, 3.63) is 57.1 Å². The van der Waals surface area contributed by atoms with Crippen LogP contribution in [-0.4, -0.2) is 31.1 Å². The van der Waals surface area contributed by atoms with Gasteiger partial charge >= 0.3 is 0 Å². The Hall–Kier alpha value is -1.85. The number of benzene rings is 2. The number of nitrogens with zero attached hydrogens (tertiary/aromatic N) is 1. The van der Waals surface area contributed by atoms with Gasteiger partial charge in [0.05, 0.1) is 18.4 Å². The van der Waals surface area contributed by atoms with Gasteiger partial charge in [0.25, 0.3) is 0 Å². The molecule has 148 valence electrons. The number of fused-ring (bicyclic) bond motifs is 3. The molecule has 0 aromatic heterocycles. The molecule has 4 nitrogen and oxygen atoms in total. The van der Waals surface area contributed by atoms with Crippen molar-refractivity contribution in [1.29, 1.82) is 0 Å². The zero-order chi connectivity index (χ0) is 20.3. The molecule has 0 N–H and O–H groups in total. The summed E-state index contributed by atoms with van der Waals surface area (Å²) in [5.41, 5.74) is 4.73. The second-order valence-electron chi connectivity index (χ2n) is 8.63. The Bertz CT molecular complexity index is 978. The Kier molecular flexibility index (Phi) is 4.59. The predicted octanol–water partition coefficient (Wildman–Crippen LogP) is 5.49. The van der Waals surface area contributed by atoms with Gasteiger partial charge < -0.3 is 14.2 Å². The molecular weight excluding hydrogens is 418 g/mol. The van der Waals surface area contributed by atoms with E-state index in [0.717, 1.165) is 50.4 Å². The SMILES string of the molecule is COc1cc2c(c3c1OC(C)(C)C3)C(c1cccc(Br)c1)=NC(C)(C)C2OC. The third-order valence-electron chi connectivity index (χ3n) is 5.47. The molecule has 0 saturated heterocycles. The van der Waals surface area contributed by atoms with Crippen LogP contribution in [0.4, 0.5) is 0 Å². The van der Waals surface area contributed by atoms with Crippen LogP contribution in [0.3, 0.4) is 0 Å². The van der Waals surface area contributed by atoms with Gasteiger partial charge in [-0.15, -0.1) is 0 Å². The van der Waals surface area contributed by atoms with E-state index in [1.54, 1.807) is 14.2 Å². The van der Waals surface area contributed by atoms with Gasteiger partial charge in [-0.2, -0.15) is 0 Å². The van der Waals surface area contributed by atoms with Crippen LogP contribution in [0.2, 0.25) is 0 Å². The topological polar surface area (TPSA) is 40.0 Å². The number of aliphatic imine (C=N–C) groups is 1. The van der Waals surface area contributed by atoms with Gasteiger partial charge in [-0.1, -0.05) is 28.1 Å². The van der Waals surface area contributed by atoms with Crippen LogP contribution in [0.15, 0.2) is 39.8 Å². The van der Waals surface area contributed by atoms with Crippen molar-refractivity contribution in [2.75, 3.05) is 14.2 Å². The average molecular weight is 444 g/mol. The minimum atomic E-state index is -0.409. The highest BCUT2D eigenvalue weighted by molar-refractivity contribution is 9.10. The molecule has 0 fully saturated rings. The van der Waals surface area contributed by atoms with Crippen molar-refractivity contribution in [3.63, 3.8) is 0 Å². The zero-order valence-electron chi connectivity index (χ0n) is 17.2. The van der Waals surface area contributed by atoms with Crippen LogP contribution in [0.5, 0.6) is 11.5 Å². The molecule has 2 heterocycles. The summed E-state index contributed by atoms with van der Waals surface area (Å²) >= 11 is 3.60. The van der Waals surface area contributed by atoms with Crippen LogP contribution >= 0.6 is 15.9 Å². The quantitative estimate of drug-likeness (QED) is 0.629. The van der Waals surface area contributed by atoms with Gasteiger partial charge in [0.2, 0.25) is 0 Å². The smallest absolute Gasteiger partial charge is 0.166 e. The number of ether oxygens (including phenoxy) is 3. The lowest BCUT2D eigenvalue weighted by atomic mass is 9.79. The first kappa shape index (κ1) is 19.5. The highest BCUT2D eigenvalue weighted by atomic mass is 79.9. The maximum atomic E-state index is 6.28. The third kappa shape index (κ3) is 3.05. The van der Waals surface area contributed by atoms with Crippen molar-refractivity contribution in [3.8, 4) is 11.5 Å². The Balaban J connectivity index is 2.05. The number of hydrogen-bond donors (Lipinski definition) is 0. The van der Waals surface area contributed by atoms with Gasteiger partial charge in [0.15, 0.2) is 11.5 Å². The van der Waals surface area contributed by atoms with E-state index in [1.165, 1.54) is 0 Å². The van der Waals surface area contributed by atoms with Crippen molar-refractivity contribution >= 4 is 21.6 Å². The first-order valence-electron chi connectivity index (χ1n) is 9.48. The summed E-state index contributed by atoms with van der Waals surface area (Å²) in [6, 6.07) is 10.4. The van der Waals surface area contributed by atoms with E-state index >= 15 is 0 Å². The van der Waals surface area contributed by atoms with Gasteiger partial charge in [0, 0.05) is 34.7 Å². The van der Waals surface area contributed by atoms with Crippen LogP contribution < -0.4 is 9.47 Å². The molecule has 0 aliphatic carbocycles. The first-order chi connectivity index (χ1) is 13.2. The molecule has 4 rings (SSSR count). The normalized spacial score (nSPS) is 21.4. The van der Waals surface area contributed by atoms with Crippen LogP contribution in [-0.2, 0) is 11.2 Å². The predicted molar refractivity (Wildman–Crippen MR) is 115 cm³/mol. The monoisotopic (exact) mass is 443 g/mol. The Morgan fingerprint density at radius 3 is 2.54 bits per heavy atom. The molecular formula is C23H26BrNO3. The van der Waals surface area contributed by atoms with E-state index < -0.39 is 5.54 Å². The first-order valence-corrected chi connectivity index (χ1v) is 10.3. The summed E-state index contributed by atoms with van der Waals surface area (Å²) in [5, 5.41) is 0. The van der Waals surface area contributed by atoms with E-state index in [-0.39, 0.29) is 11.7 Å². The summed E-state index contributed by atoms with van der Waals surface area (Å²) in [6.07, 6.45) is 0.632. The Morgan fingerprint density at radius 2 is 1.89 bits per heavy atom. The maximum Gasteiger partial charge on any atom is 0.166 e. The van der Waals surface area contributed by atoms with Gasteiger partial charge in [-0.05, 0) is 51.5 Å². The fourth-order valence-electron chi connectivity index (χ4n) is 4.42. The number of rotatable bonds is 3. The summed E-state index contributed by atoms with van der Waals surface area (Å²) < 4.78 is 19.0. The molecule has 5 heteroatoms. The molecule has 0 spiro atoms. The van der Waals surface area contributed by atoms with Crippen molar-refractivity contribution in [2.24, 2.45) is 4.99 Å². The third-order valence-corrected chi connectivity index (χ3v) is 5.96. The molecule has 0 bridgehead atoms.